The van der Waals surface area contributed by atoms with E-state index < -0.39 is 12.1 Å². The molecule has 2 N–H and O–H groups in total. The van der Waals surface area contributed by atoms with Crippen molar-refractivity contribution < 1.29 is 19.5 Å². The second-order valence-electron chi connectivity index (χ2n) is 2.54. The largest absolute Gasteiger partial charge is 0.463 e. The summed E-state index contributed by atoms with van der Waals surface area (Å²) in [5.74, 6) is -0.640. The zero-order valence-electron chi connectivity index (χ0n) is 7.27. The Labute approximate surface area is 80.3 Å². The molecule has 1 aromatic carbocycles. The summed E-state index contributed by atoms with van der Waals surface area (Å²) in [5.41, 5.74) is 2.30. The third kappa shape index (κ3) is 3.57. The molecule has 1 amide bonds. The Bertz CT molecular complexity index is 323. The lowest BCUT2D eigenvalue weighted by Gasteiger charge is -2.01. The number of hydrogen-bond acceptors (Lipinski definition) is 3. The van der Waals surface area contributed by atoms with E-state index in [0.29, 0.717) is 0 Å². The first-order valence-corrected chi connectivity index (χ1v) is 3.91. The van der Waals surface area contributed by atoms with Crippen LogP contribution in [-0.2, 0) is 16.1 Å². The monoisotopic (exact) mass is 195 g/mol. The maximum Gasteiger partial charge on any atom is 0.438 e. The van der Waals surface area contributed by atoms with Crippen molar-refractivity contribution in [2.75, 3.05) is 0 Å². The van der Waals surface area contributed by atoms with Crippen LogP contribution in [0.15, 0.2) is 30.3 Å². The molecule has 0 radical (unpaired) electrons. The van der Waals surface area contributed by atoms with Crippen molar-refractivity contribution >= 4 is 12.1 Å². The molecule has 0 atom stereocenters. The fourth-order valence-electron chi connectivity index (χ4n) is 0.899. The normalized spacial score (nSPS) is 9.14. The zero-order chi connectivity index (χ0) is 10.4. The van der Waals surface area contributed by atoms with Crippen molar-refractivity contribution in [2.24, 2.45) is 0 Å². The van der Waals surface area contributed by atoms with Gasteiger partial charge in [-0.3, -0.25) is 0 Å². The Morgan fingerprint density at radius 1 is 1.29 bits per heavy atom. The van der Waals surface area contributed by atoms with Crippen LogP contribution >= 0.6 is 0 Å². The number of amides is 1. The van der Waals surface area contributed by atoms with Gasteiger partial charge in [0.05, 0.1) is 6.42 Å². The van der Waals surface area contributed by atoms with Crippen LogP contribution in [0.3, 0.4) is 0 Å². The molecule has 0 fully saturated rings. The van der Waals surface area contributed by atoms with Gasteiger partial charge >= 0.3 is 12.1 Å². The molecule has 0 saturated heterocycles. The van der Waals surface area contributed by atoms with Crippen molar-refractivity contribution in [3.63, 3.8) is 0 Å². The summed E-state index contributed by atoms with van der Waals surface area (Å²) >= 11 is 0. The van der Waals surface area contributed by atoms with Crippen LogP contribution in [0, 0.1) is 0 Å². The van der Waals surface area contributed by atoms with Crippen molar-refractivity contribution in [3.8, 4) is 0 Å². The average Bonchev–Trinajstić information content (AvgIpc) is 2.16. The van der Waals surface area contributed by atoms with E-state index >= 15 is 0 Å². The first-order valence-electron chi connectivity index (χ1n) is 3.91. The molecule has 74 valence electrons. The minimum Gasteiger partial charge on any atom is -0.463 e. The molecule has 0 aliphatic heterocycles. The highest BCUT2D eigenvalue weighted by Gasteiger charge is 2.05. The number of rotatable bonds is 2. The molecule has 0 aromatic heterocycles. The Hall–Kier alpha value is -2.04. The van der Waals surface area contributed by atoms with Gasteiger partial charge in [0.25, 0.3) is 0 Å². The Morgan fingerprint density at radius 3 is 2.50 bits per heavy atom. The van der Waals surface area contributed by atoms with Crippen LogP contribution in [0.4, 0.5) is 4.79 Å². The van der Waals surface area contributed by atoms with Crippen LogP contribution in [0.25, 0.3) is 0 Å². The number of carbonyl (C=O) groups excluding carboxylic acids is 1. The van der Waals surface area contributed by atoms with Crippen molar-refractivity contribution in [3.05, 3.63) is 35.9 Å². The Morgan fingerprint density at radius 2 is 1.93 bits per heavy atom. The van der Waals surface area contributed by atoms with E-state index in [9.17, 15) is 9.59 Å². The number of benzene rings is 1. The van der Waals surface area contributed by atoms with Crippen LogP contribution in [0.2, 0.25) is 0 Å². The summed E-state index contributed by atoms with van der Waals surface area (Å²) in [6.45, 7) is 0. The SMILES string of the molecule is O=C(O)NOC(=O)Cc1ccccc1. The lowest BCUT2D eigenvalue weighted by atomic mass is 10.2. The number of carbonyl (C=O) groups is 2. The van der Waals surface area contributed by atoms with Crippen LogP contribution in [0.1, 0.15) is 5.56 Å². The zero-order valence-corrected chi connectivity index (χ0v) is 7.27. The summed E-state index contributed by atoms with van der Waals surface area (Å²) in [4.78, 5) is 25.2. The molecule has 0 unspecified atom stereocenters. The molecular weight excluding hydrogens is 186 g/mol. The van der Waals surface area contributed by atoms with E-state index in [2.05, 4.69) is 4.84 Å². The number of carboxylic acid groups (broad SMARTS) is 1. The van der Waals surface area contributed by atoms with Gasteiger partial charge in [-0.05, 0) is 5.56 Å². The molecule has 0 bridgehead atoms. The van der Waals surface area contributed by atoms with Crippen molar-refractivity contribution in [2.45, 2.75) is 6.42 Å². The van der Waals surface area contributed by atoms with E-state index in [0.717, 1.165) is 5.56 Å². The van der Waals surface area contributed by atoms with Crippen LogP contribution < -0.4 is 5.48 Å². The number of nitrogens with one attached hydrogen (secondary N) is 1. The third-order valence-electron chi connectivity index (χ3n) is 1.44. The maximum atomic E-state index is 11.0. The molecule has 5 nitrogen and oxygen atoms in total. The second kappa shape index (κ2) is 4.86. The molecule has 0 heterocycles. The quantitative estimate of drug-likeness (QED) is 0.689. The highest BCUT2D eigenvalue weighted by Crippen LogP contribution is 1.99. The summed E-state index contributed by atoms with van der Waals surface area (Å²) in [5, 5.41) is 8.14. The first kappa shape index (κ1) is 10.0. The predicted octanol–water partition coefficient (Wildman–Crippen LogP) is 0.955. The number of hydroxylamine groups is 1. The predicted molar refractivity (Wildman–Crippen MR) is 47.4 cm³/mol. The fraction of sp³-hybridized carbons (Fsp3) is 0.111. The van der Waals surface area contributed by atoms with Gasteiger partial charge in [0.1, 0.15) is 0 Å². The third-order valence-corrected chi connectivity index (χ3v) is 1.44. The van der Waals surface area contributed by atoms with E-state index in [-0.39, 0.29) is 6.42 Å². The topological polar surface area (TPSA) is 75.6 Å². The van der Waals surface area contributed by atoms with Gasteiger partial charge in [0, 0.05) is 0 Å². The van der Waals surface area contributed by atoms with Gasteiger partial charge in [-0.15, -0.1) is 5.48 Å². The fourth-order valence-corrected chi connectivity index (χ4v) is 0.899. The lowest BCUT2D eigenvalue weighted by Crippen LogP contribution is -2.25. The van der Waals surface area contributed by atoms with E-state index in [1.165, 1.54) is 5.48 Å². The van der Waals surface area contributed by atoms with E-state index in [1.807, 2.05) is 6.07 Å². The maximum absolute atomic E-state index is 11.0. The molecule has 0 aliphatic rings. The van der Waals surface area contributed by atoms with E-state index in [4.69, 9.17) is 5.11 Å². The Balaban J connectivity index is 2.38. The molecule has 14 heavy (non-hydrogen) atoms. The second-order valence-corrected chi connectivity index (χ2v) is 2.54. The summed E-state index contributed by atoms with van der Waals surface area (Å²) in [6, 6.07) is 8.90. The standard InChI is InChI=1S/C9H9NO4/c11-8(14-10-9(12)13)6-7-4-2-1-3-5-7/h1-5,10H,6H2,(H,12,13). The molecule has 0 aliphatic carbocycles. The van der Waals surface area contributed by atoms with Gasteiger partial charge in [-0.25, -0.2) is 9.59 Å². The summed E-state index contributed by atoms with van der Waals surface area (Å²) < 4.78 is 0. The molecule has 5 heteroatoms. The summed E-state index contributed by atoms with van der Waals surface area (Å²) in [6.07, 6.45) is -1.35. The Kier molecular flexibility index (Phi) is 3.49. The van der Waals surface area contributed by atoms with Gasteiger partial charge < -0.3 is 9.94 Å². The lowest BCUT2D eigenvalue weighted by molar-refractivity contribution is -0.148. The molecule has 1 aromatic rings. The minimum atomic E-state index is -1.40. The first-order chi connectivity index (χ1) is 6.68. The van der Waals surface area contributed by atoms with Crippen LogP contribution in [-0.4, -0.2) is 17.2 Å². The minimum absolute atomic E-state index is 0.0428. The van der Waals surface area contributed by atoms with Crippen molar-refractivity contribution in [1.29, 1.82) is 0 Å². The highest BCUT2D eigenvalue weighted by atomic mass is 16.7. The molecule has 0 saturated carbocycles. The molecule has 0 spiro atoms. The molecule has 1 rings (SSSR count). The van der Waals surface area contributed by atoms with Gasteiger partial charge in [0.2, 0.25) is 0 Å². The van der Waals surface area contributed by atoms with Gasteiger partial charge in [-0.2, -0.15) is 0 Å². The summed E-state index contributed by atoms with van der Waals surface area (Å²) in [7, 11) is 0. The van der Waals surface area contributed by atoms with Crippen molar-refractivity contribution in [1.82, 2.24) is 5.48 Å². The smallest absolute Gasteiger partial charge is 0.438 e. The van der Waals surface area contributed by atoms with Gasteiger partial charge in [0.15, 0.2) is 0 Å². The average molecular weight is 195 g/mol. The van der Waals surface area contributed by atoms with Gasteiger partial charge in [-0.1, -0.05) is 30.3 Å². The number of hydrogen-bond donors (Lipinski definition) is 2. The van der Waals surface area contributed by atoms with E-state index in [1.54, 1.807) is 24.3 Å². The highest BCUT2D eigenvalue weighted by molar-refractivity contribution is 5.74. The van der Waals surface area contributed by atoms with Crippen LogP contribution in [0.5, 0.6) is 0 Å². The molecular formula is C9H9NO4.